The fraction of sp³-hybridized carbons (Fsp3) is 0.308. The maximum atomic E-state index is 12.9. The second-order valence-corrected chi connectivity index (χ2v) is 9.04. The molecule has 0 aliphatic carbocycles. The van der Waals surface area contributed by atoms with Gasteiger partial charge in [-0.3, -0.25) is 9.59 Å². The standard InChI is InChI=1S/C26H27NO8S/c1-6-32-26(31)22-15(4)21(25(30)34-14(2)3)24(36-22)27-23(29)20-12-11-19(35-20)13-33-18-9-7-17(8-10-18)16(5)28/h7-12,14H,6,13H2,1-5H3,(H,27,29). The first-order valence-corrected chi connectivity index (χ1v) is 12.1. The SMILES string of the molecule is CCOC(=O)c1sc(NC(=O)c2ccc(COc3ccc(C(C)=O)cc3)o2)c(C(=O)OC(C)C)c1C. The molecule has 0 aliphatic heterocycles. The fourth-order valence-corrected chi connectivity index (χ4v) is 4.28. The van der Waals surface area contributed by atoms with Crippen molar-refractivity contribution in [2.24, 2.45) is 0 Å². The number of nitrogens with one attached hydrogen (secondary N) is 1. The Morgan fingerprint density at radius 1 is 1.03 bits per heavy atom. The van der Waals surface area contributed by atoms with E-state index in [0.29, 0.717) is 22.6 Å². The number of furan rings is 1. The minimum Gasteiger partial charge on any atom is -0.486 e. The number of benzene rings is 1. The second-order valence-electron chi connectivity index (χ2n) is 8.02. The second kappa shape index (κ2) is 11.7. The molecule has 0 atom stereocenters. The summed E-state index contributed by atoms with van der Waals surface area (Å²) in [5.74, 6) is -0.975. The molecule has 1 amide bonds. The third kappa shape index (κ3) is 6.39. The van der Waals surface area contributed by atoms with Crippen LogP contribution in [0, 0.1) is 6.92 Å². The molecule has 36 heavy (non-hydrogen) atoms. The third-order valence-corrected chi connectivity index (χ3v) is 6.10. The summed E-state index contributed by atoms with van der Waals surface area (Å²) in [5, 5.41) is 2.81. The number of hydrogen-bond donors (Lipinski definition) is 1. The normalized spacial score (nSPS) is 10.7. The summed E-state index contributed by atoms with van der Waals surface area (Å²) in [7, 11) is 0. The highest BCUT2D eigenvalue weighted by atomic mass is 32.1. The molecule has 2 heterocycles. The highest BCUT2D eigenvalue weighted by Crippen LogP contribution is 2.35. The van der Waals surface area contributed by atoms with E-state index in [-0.39, 0.29) is 40.2 Å². The summed E-state index contributed by atoms with van der Waals surface area (Å²) < 4.78 is 21.6. The highest BCUT2D eigenvalue weighted by molar-refractivity contribution is 7.18. The Morgan fingerprint density at radius 3 is 2.33 bits per heavy atom. The van der Waals surface area contributed by atoms with Crippen molar-refractivity contribution in [3.8, 4) is 5.75 Å². The number of Topliss-reactive ketones (excluding diaryl/α,β-unsaturated/α-hetero) is 1. The molecule has 0 spiro atoms. The number of rotatable bonds is 10. The lowest BCUT2D eigenvalue weighted by Crippen LogP contribution is -2.16. The van der Waals surface area contributed by atoms with Gasteiger partial charge in [0.1, 0.15) is 28.0 Å². The van der Waals surface area contributed by atoms with E-state index in [0.717, 1.165) is 11.3 Å². The van der Waals surface area contributed by atoms with Crippen molar-refractivity contribution < 1.29 is 37.8 Å². The first-order chi connectivity index (χ1) is 17.1. The number of amides is 1. The Balaban J connectivity index is 1.75. The van der Waals surface area contributed by atoms with E-state index in [1.807, 2.05) is 0 Å². The zero-order valence-electron chi connectivity index (χ0n) is 20.6. The summed E-state index contributed by atoms with van der Waals surface area (Å²) in [5.41, 5.74) is 1.03. The Hall–Kier alpha value is -3.92. The van der Waals surface area contributed by atoms with Crippen LogP contribution in [0.25, 0.3) is 0 Å². The van der Waals surface area contributed by atoms with Gasteiger partial charge in [-0.2, -0.15) is 0 Å². The lowest BCUT2D eigenvalue weighted by atomic mass is 10.1. The fourth-order valence-electron chi connectivity index (χ4n) is 3.19. The van der Waals surface area contributed by atoms with Crippen molar-refractivity contribution >= 4 is 40.0 Å². The Labute approximate surface area is 212 Å². The number of ether oxygens (including phenoxy) is 3. The molecule has 190 valence electrons. The van der Waals surface area contributed by atoms with Crippen LogP contribution in [-0.4, -0.2) is 36.3 Å². The minimum absolute atomic E-state index is 0.00700. The van der Waals surface area contributed by atoms with Crippen LogP contribution in [0.4, 0.5) is 5.00 Å². The number of anilines is 1. The van der Waals surface area contributed by atoms with Crippen molar-refractivity contribution in [2.75, 3.05) is 11.9 Å². The Kier molecular flexibility index (Phi) is 8.65. The smallest absolute Gasteiger partial charge is 0.348 e. The largest absolute Gasteiger partial charge is 0.486 e. The van der Waals surface area contributed by atoms with Gasteiger partial charge in [-0.25, -0.2) is 9.59 Å². The van der Waals surface area contributed by atoms with Gasteiger partial charge in [0.05, 0.1) is 18.3 Å². The van der Waals surface area contributed by atoms with E-state index in [1.165, 1.54) is 13.0 Å². The van der Waals surface area contributed by atoms with Crippen LogP contribution in [0.3, 0.4) is 0 Å². The number of esters is 2. The topological polar surface area (TPSA) is 121 Å². The molecular weight excluding hydrogens is 486 g/mol. The number of carbonyl (C=O) groups is 4. The van der Waals surface area contributed by atoms with E-state index in [2.05, 4.69) is 5.32 Å². The molecule has 9 nitrogen and oxygen atoms in total. The van der Waals surface area contributed by atoms with Gasteiger partial charge >= 0.3 is 11.9 Å². The molecule has 3 aromatic rings. The molecular formula is C26H27NO8S. The summed E-state index contributed by atoms with van der Waals surface area (Å²) in [6.07, 6.45) is -0.391. The average Bonchev–Trinajstić information content (AvgIpc) is 3.42. The van der Waals surface area contributed by atoms with Crippen molar-refractivity contribution in [1.82, 2.24) is 0 Å². The van der Waals surface area contributed by atoms with E-state index < -0.39 is 23.9 Å². The highest BCUT2D eigenvalue weighted by Gasteiger charge is 2.28. The zero-order chi connectivity index (χ0) is 26.4. The van der Waals surface area contributed by atoms with Crippen LogP contribution in [0.15, 0.2) is 40.8 Å². The van der Waals surface area contributed by atoms with Crippen molar-refractivity contribution in [2.45, 2.75) is 47.3 Å². The molecule has 0 fully saturated rings. The van der Waals surface area contributed by atoms with Gasteiger partial charge in [0.15, 0.2) is 11.5 Å². The molecule has 1 aromatic carbocycles. The quantitative estimate of drug-likeness (QED) is 0.282. The van der Waals surface area contributed by atoms with Gasteiger partial charge in [0.25, 0.3) is 5.91 Å². The number of hydrogen-bond acceptors (Lipinski definition) is 9. The van der Waals surface area contributed by atoms with Gasteiger partial charge in [0.2, 0.25) is 0 Å². The molecule has 3 rings (SSSR count). The first-order valence-electron chi connectivity index (χ1n) is 11.3. The first kappa shape index (κ1) is 26.7. The van der Waals surface area contributed by atoms with Gasteiger partial charge in [-0.15, -0.1) is 11.3 Å². The summed E-state index contributed by atoms with van der Waals surface area (Å²) in [6, 6.07) is 9.74. The molecule has 0 radical (unpaired) electrons. The van der Waals surface area contributed by atoms with Crippen LogP contribution in [0.1, 0.15) is 80.0 Å². The zero-order valence-corrected chi connectivity index (χ0v) is 21.4. The van der Waals surface area contributed by atoms with E-state index >= 15 is 0 Å². The van der Waals surface area contributed by atoms with Crippen LogP contribution in [0.5, 0.6) is 5.75 Å². The van der Waals surface area contributed by atoms with Crippen LogP contribution >= 0.6 is 11.3 Å². The molecule has 0 saturated carbocycles. The maximum Gasteiger partial charge on any atom is 0.348 e. The summed E-state index contributed by atoms with van der Waals surface area (Å²) in [6.45, 7) is 8.39. The van der Waals surface area contributed by atoms with Gasteiger partial charge < -0.3 is 23.9 Å². The van der Waals surface area contributed by atoms with Crippen LogP contribution in [0.2, 0.25) is 0 Å². The number of thiophene rings is 1. The molecule has 0 bridgehead atoms. The Bertz CT molecular complexity index is 1270. The molecule has 1 N–H and O–H groups in total. The van der Waals surface area contributed by atoms with Crippen LogP contribution in [-0.2, 0) is 16.1 Å². The van der Waals surface area contributed by atoms with E-state index in [1.54, 1.807) is 58.0 Å². The third-order valence-electron chi connectivity index (χ3n) is 4.91. The van der Waals surface area contributed by atoms with E-state index in [9.17, 15) is 19.2 Å². The number of ketones is 1. The lowest BCUT2D eigenvalue weighted by molar-refractivity contribution is 0.0378. The predicted molar refractivity (Wildman–Crippen MR) is 133 cm³/mol. The van der Waals surface area contributed by atoms with Gasteiger partial charge in [-0.05, 0) is 76.6 Å². The lowest BCUT2D eigenvalue weighted by Gasteiger charge is -2.10. The molecule has 2 aromatic heterocycles. The van der Waals surface area contributed by atoms with Crippen LogP contribution < -0.4 is 10.1 Å². The molecule has 0 aliphatic rings. The van der Waals surface area contributed by atoms with Crippen molar-refractivity contribution in [3.05, 3.63) is 69.5 Å². The Morgan fingerprint density at radius 2 is 1.72 bits per heavy atom. The summed E-state index contributed by atoms with van der Waals surface area (Å²) in [4.78, 5) is 49.5. The van der Waals surface area contributed by atoms with Gasteiger partial charge in [0, 0.05) is 5.56 Å². The summed E-state index contributed by atoms with van der Waals surface area (Å²) >= 11 is 0.932. The molecule has 0 saturated heterocycles. The van der Waals surface area contributed by atoms with Gasteiger partial charge in [-0.1, -0.05) is 0 Å². The number of carbonyl (C=O) groups excluding carboxylic acids is 4. The van der Waals surface area contributed by atoms with E-state index in [4.69, 9.17) is 18.6 Å². The average molecular weight is 514 g/mol. The monoisotopic (exact) mass is 513 g/mol. The molecule has 10 heteroatoms. The predicted octanol–water partition coefficient (Wildman–Crippen LogP) is 5.43. The maximum absolute atomic E-state index is 12.9. The van der Waals surface area contributed by atoms with Crippen molar-refractivity contribution in [1.29, 1.82) is 0 Å². The van der Waals surface area contributed by atoms with Crippen molar-refractivity contribution in [3.63, 3.8) is 0 Å². The molecule has 0 unspecified atom stereocenters. The minimum atomic E-state index is -0.658.